The molecule has 1 atom stereocenters. The first-order chi connectivity index (χ1) is 18.7. The van der Waals surface area contributed by atoms with E-state index in [1.807, 2.05) is 0 Å². The molecule has 0 aliphatic rings. The van der Waals surface area contributed by atoms with Gasteiger partial charge in [0.05, 0.1) is 5.34 Å². The third-order valence-electron chi connectivity index (χ3n) is 6.03. The summed E-state index contributed by atoms with van der Waals surface area (Å²) in [4.78, 5) is 38.9. The maximum atomic E-state index is 14.5. The average molecular weight is 567 g/mol. The van der Waals surface area contributed by atoms with E-state index in [-0.39, 0.29) is 41.0 Å². The third-order valence-corrected chi connectivity index (χ3v) is 6.03. The number of aryl methyl sites for hydroxylation is 2. The van der Waals surface area contributed by atoms with Crippen LogP contribution < -0.4 is 16.0 Å². The summed E-state index contributed by atoms with van der Waals surface area (Å²) < 4.78 is 80.1. The molecule has 3 N–H and O–H groups in total. The number of halogens is 6. The maximum absolute atomic E-state index is 14.5. The summed E-state index contributed by atoms with van der Waals surface area (Å²) in [5.41, 5.74) is 4.28. The zero-order chi connectivity index (χ0) is 29.8. The van der Waals surface area contributed by atoms with Crippen LogP contribution in [0.5, 0.6) is 0 Å². The Morgan fingerprint density at radius 2 is 1.43 bits per heavy atom. The van der Waals surface area contributed by atoms with Crippen LogP contribution in [0.15, 0.2) is 66.7 Å². The van der Waals surface area contributed by atoms with Gasteiger partial charge in [0.25, 0.3) is 11.8 Å². The standard InChI is InChI=1S/C27H24F6N4O3/c1-16-13-20(26(28,37(32)33)27(29,30)31)14-17(2)23(16)35-24(39)19-9-6-10-21(15-19)36(12-11-22(34)38)25(40)18-7-4-3-5-8-18/h3-10,13-15H,11-12H2,1-2H3,(H2,34,38)(H,35,39). The van der Waals surface area contributed by atoms with Gasteiger partial charge >= 0.3 is 12.0 Å². The highest BCUT2D eigenvalue weighted by Gasteiger charge is 2.64. The zero-order valence-corrected chi connectivity index (χ0v) is 21.2. The van der Waals surface area contributed by atoms with Gasteiger partial charge < -0.3 is 16.0 Å². The molecule has 3 rings (SSSR count). The smallest absolute Gasteiger partial charge is 0.370 e. The predicted octanol–water partition coefficient (Wildman–Crippen LogP) is 5.83. The van der Waals surface area contributed by atoms with Gasteiger partial charge in [-0.1, -0.05) is 33.2 Å². The lowest BCUT2D eigenvalue weighted by atomic mass is 9.97. The van der Waals surface area contributed by atoms with Gasteiger partial charge in [0.2, 0.25) is 5.91 Å². The van der Waals surface area contributed by atoms with Gasteiger partial charge in [0.1, 0.15) is 0 Å². The molecule has 0 spiro atoms. The highest BCUT2D eigenvalue weighted by atomic mass is 19.4. The number of alkyl halides is 4. The van der Waals surface area contributed by atoms with Crippen molar-refractivity contribution in [2.45, 2.75) is 32.2 Å². The lowest BCUT2D eigenvalue weighted by Crippen LogP contribution is -2.46. The van der Waals surface area contributed by atoms with Crippen LogP contribution in [0.2, 0.25) is 0 Å². The van der Waals surface area contributed by atoms with E-state index < -0.39 is 40.6 Å². The van der Waals surface area contributed by atoms with E-state index in [0.717, 1.165) is 0 Å². The van der Waals surface area contributed by atoms with Crippen LogP contribution in [0.4, 0.5) is 37.9 Å². The number of benzene rings is 3. The lowest BCUT2D eigenvalue weighted by Gasteiger charge is -2.28. The SMILES string of the molecule is Cc1cc(C(F)(N(F)F)C(F)(F)F)cc(C)c1NC(=O)c1cccc(N(CCC(N)=O)C(=O)c2ccccc2)c1. The fraction of sp³-hybridized carbons (Fsp3) is 0.222. The van der Waals surface area contributed by atoms with Gasteiger partial charge in [-0.25, -0.2) is 4.39 Å². The first kappa shape index (κ1) is 30.2. The monoisotopic (exact) mass is 566 g/mol. The topological polar surface area (TPSA) is 95.7 Å². The Balaban J connectivity index is 1.94. The largest absolute Gasteiger partial charge is 0.446 e. The molecule has 0 heterocycles. The number of carbonyl (C=O) groups excluding carboxylic acids is 3. The molecule has 13 heteroatoms. The Morgan fingerprint density at radius 3 is 1.95 bits per heavy atom. The van der Waals surface area contributed by atoms with E-state index in [4.69, 9.17) is 5.73 Å². The van der Waals surface area contributed by atoms with E-state index in [9.17, 15) is 40.9 Å². The molecule has 40 heavy (non-hydrogen) atoms. The summed E-state index contributed by atoms with van der Waals surface area (Å²) in [6, 6.07) is 15.1. The van der Waals surface area contributed by atoms with Crippen LogP contribution in [0, 0.1) is 13.8 Å². The van der Waals surface area contributed by atoms with Crippen LogP contribution in [-0.4, -0.2) is 35.8 Å². The number of nitrogens with zero attached hydrogens (tertiary/aromatic N) is 2. The van der Waals surface area contributed by atoms with E-state index in [1.54, 1.807) is 30.3 Å². The molecule has 7 nitrogen and oxygen atoms in total. The van der Waals surface area contributed by atoms with Crippen molar-refractivity contribution in [3.05, 3.63) is 94.5 Å². The van der Waals surface area contributed by atoms with E-state index >= 15 is 0 Å². The van der Waals surface area contributed by atoms with Gasteiger partial charge in [-0.15, -0.1) is 0 Å². The molecular formula is C27H24F6N4O3. The summed E-state index contributed by atoms with van der Waals surface area (Å²) in [7, 11) is 0. The Bertz CT molecular complexity index is 1390. The Kier molecular flexibility index (Phi) is 8.88. The molecule has 0 bridgehead atoms. The molecule has 1 unspecified atom stereocenters. The number of hydrogen-bond donors (Lipinski definition) is 2. The van der Waals surface area contributed by atoms with Crippen molar-refractivity contribution in [1.82, 2.24) is 5.34 Å². The fourth-order valence-corrected chi connectivity index (χ4v) is 4.02. The Labute approximate surface area is 225 Å². The highest BCUT2D eigenvalue weighted by Crippen LogP contribution is 2.47. The van der Waals surface area contributed by atoms with Crippen molar-refractivity contribution >= 4 is 29.1 Å². The number of anilines is 2. The molecule has 0 aromatic heterocycles. The molecule has 3 amide bonds. The van der Waals surface area contributed by atoms with Crippen molar-refractivity contribution in [3.63, 3.8) is 0 Å². The molecule has 0 saturated heterocycles. The molecule has 3 aromatic rings. The summed E-state index contributed by atoms with van der Waals surface area (Å²) in [5.74, 6) is -6.92. The predicted molar refractivity (Wildman–Crippen MR) is 135 cm³/mol. The van der Waals surface area contributed by atoms with Crippen molar-refractivity contribution in [2.24, 2.45) is 5.73 Å². The third kappa shape index (κ3) is 6.25. The molecule has 0 aliphatic carbocycles. The molecule has 3 aromatic carbocycles. The summed E-state index contributed by atoms with van der Waals surface area (Å²) in [6.07, 6.45) is -6.11. The minimum absolute atomic E-state index is 0.0149. The minimum atomic E-state index is -5.95. The Morgan fingerprint density at radius 1 is 0.850 bits per heavy atom. The normalized spacial score (nSPS) is 13.0. The molecule has 0 saturated carbocycles. The number of amides is 3. The summed E-state index contributed by atoms with van der Waals surface area (Å²) in [5, 5.41) is -0.0525. The molecule has 0 aliphatic heterocycles. The van der Waals surface area contributed by atoms with Crippen molar-refractivity contribution in [3.8, 4) is 0 Å². The number of rotatable bonds is 9. The summed E-state index contributed by atoms with van der Waals surface area (Å²) >= 11 is 0. The maximum Gasteiger partial charge on any atom is 0.446 e. The van der Waals surface area contributed by atoms with Gasteiger partial charge in [-0.2, -0.15) is 13.2 Å². The van der Waals surface area contributed by atoms with Crippen LogP contribution >= 0.6 is 0 Å². The quantitative estimate of drug-likeness (QED) is 0.194. The van der Waals surface area contributed by atoms with Gasteiger partial charge in [0.15, 0.2) is 0 Å². The van der Waals surface area contributed by atoms with E-state index in [0.29, 0.717) is 17.7 Å². The summed E-state index contributed by atoms with van der Waals surface area (Å²) in [6.45, 7) is 2.37. The van der Waals surface area contributed by atoms with Crippen LogP contribution in [0.1, 0.15) is 43.8 Å². The average Bonchev–Trinajstić information content (AvgIpc) is 2.89. The van der Waals surface area contributed by atoms with Crippen molar-refractivity contribution < 1.29 is 40.9 Å². The van der Waals surface area contributed by atoms with Gasteiger partial charge in [-0.05, 0) is 67.4 Å². The molecular weight excluding hydrogens is 542 g/mol. The van der Waals surface area contributed by atoms with E-state index in [1.165, 1.54) is 43.0 Å². The highest BCUT2D eigenvalue weighted by molar-refractivity contribution is 6.09. The molecule has 0 fully saturated rings. The van der Waals surface area contributed by atoms with Crippen LogP contribution in [0.3, 0.4) is 0 Å². The number of primary amides is 1. The number of carbonyl (C=O) groups is 3. The molecule has 212 valence electrons. The lowest BCUT2D eigenvalue weighted by molar-refractivity contribution is -0.388. The molecule has 0 radical (unpaired) electrons. The number of nitrogens with one attached hydrogen (secondary N) is 1. The Hall–Kier alpha value is -4.39. The first-order valence-electron chi connectivity index (χ1n) is 11.7. The van der Waals surface area contributed by atoms with E-state index in [2.05, 4.69) is 5.32 Å². The fourth-order valence-electron chi connectivity index (χ4n) is 4.02. The first-order valence-corrected chi connectivity index (χ1v) is 11.7. The second-order valence-corrected chi connectivity index (χ2v) is 8.88. The minimum Gasteiger partial charge on any atom is -0.370 e. The van der Waals surface area contributed by atoms with Crippen molar-refractivity contribution in [2.75, 3.05) is 16.8 Å². The van der Waals surface area contributed by atoms with Gasteiger partial charge in [0, 0.05) is 41.0 Å². The van der Waals surface area contributed by atoms with Crippen LogP contribution in [-0.2, 0) is 10.6 Å². The van der Waals surface area contributed by atoms with Gasteiger partial charge in [-0.3, -0.25) is 14.4 Å². The zero-order valence-electron chi connectivity index (χ0n) is 21.2. The number of hydrogen-bond acceptors (Lipinski definition) is 4. The van der Waals surface area contributed by atoms with Crippen LogP contribution in [0.25, 0.3) is 0 Å². The van der Waals surface area contributed by atoms with Crippen molar-refractivity contribution in [1.29, 1.82) is 0 Å². The number of nitrogens with two attached hydrogens (primary N) is 1. The second kappa shape index (κ2) is 11.8. The second-order valence-electron chi connectivity index (χ2n) is 8.88.